The second-order valence-electron chi connectivity index (χ2n) is 3.55. The summed E-state index contributed by atoms with van der Waals surface area (Å²) in [5, 5.41) is 0. The summed E-state index contributed by atoms with van der Waals surface area (Å²) in [5.41, 5.74) is 5.67. The average molecular weight is 335 g/mol. The fourth-order valence-electron chi connectivity index (χ4n) is 1.24. The Bertz CT molecular complexity index is 596. The first-order chi connectivity index (χ1) is 8.31. The molecule has 0 amide bonds. The lowest BCUT2D eigenvalue weighted by Gasteiger charge is -2.12. The van der Waals surface area contributed by atoms with E-state index in [1.165, 1.54) is 0 Å². The van der Waals surface area contributed by atoms with E-state index < -0.39 is 26.8 Å². The van der Waals surface area contributed by atoms with Gasteiger partial charge in [-0.15, -0.1) is 6.42 Å². The Morgan fingerprint density at radius 2 is 2.22 bits per heavy atom. The number of terminal acetylenes is 1. The molecule has 1 rings (SSSR count). The Hall–Kier alpha value is -1.10. The number of nitrogen functional groups attached to an aromatic ring is 1. The maximum atomic E-state index is 13.6. The molecule has 0 saturated heterocycles. The minimum absolute atomic E-state index is 0.130. The Labute approximate surface area is 114 Å². The second kappa shape index (κ2) is 5.69. The molecule has 3 N–H and O–H groups in total. The van der Waals surface area contributed by atoms with Crippen LogP contribution in [0.1, 0.15) is 13.3 Å². The molecule has 1 unspecified atom stereocenters. The van der Waals surface area contributed by atoms with E-state index in [1.807, 2.05) is 0 Å². The van der Waals surface area contributed by atoms with E-state index in [0.717, 1.165) is 12.1 Å². The molecule has 18 heavy (non-hydrogen) atoms. The first-order valence-electron chi connectivity index (χ1n) is 5.04. The molecule has 1 aromatic rings. The van der Waals surface area contributed by atoms with Crippen LogP contribution in [0.25, 0.3) is 0 Å². The predicted octanol–water partition coefficient (Wildman–Crippen LogP) is 1.86. The minimum Gasteiger partial charge on any atom is -0.398 e. The highest BCUT2D eigenvalue weighted by molar-refractivity contribution is 9.10. The summed E-state index contributed by atoms with van der Waals surface area (Å²) in [5.74, 6) is 1.38. The van der Waals surface area contributed by atoms with Gasteiger partial charge in [-0.2, -0.15) is 4.72 Å². The fraction of sp³-hybridized carbons (Fsp3) is 0.273. The molecule has 0 saturated carbocycles. The van der Waals surface area contributed by atoms with Crippen molar-refractivity contribution >= 4 is 31.6 Å². The number of halogens is 2. The van der Waals surface area contributed by atoms with E-state index in [-0.39, 0.29) is 5.69 Å². The van der Waals surface area contributed by atoms with Crippen LogP contribution in [-0.4, -0.2) is 14.5 Å². The molecule has 1 aromatic carbocycles. The van der Waals surface area contributed by atoms with Crippen molar-refractivity contribution in [3.63, 3.8) is 0 Å². The van der Waals surface area contributed by atoms with Crippen molar-refractivity contribution < 1.29 is 12.8 Å². The quantitative estimate of drug-likeness (QED) is 0.652. The van der Waals surface area contributed by atoms with Crippen molar-refractivity contribution in [1.82, 2.24) is 4.72 Å². The third-order valence-corrected chi connectivity index (χ3v) is 4.42. The molecular weight excluding hydrogens is 323 g/mol. The lowest BCUT2D eigenvalue weighted by atomic mass is 10.3. The van der Waals surface area contributed by atoms with Crippen LogP contribution in [0.4, 0.5) is 10.1 Å². The zero-order chi connectivity index (χ0) is 13.9. The second-order valence-corrected chi connectivity index (χ2v) is 6.09. The van der Waals surface area contributed by atoms with Crippen molar-refractivity contribution in [3.05, 3.63) is 22.4 Å². The summed E-state index contributed by atoms with van der Waals surface area (Å²) in [6.07, 6.45) is 5.56. The number of nitrogens with two attached hydrogens (primary N) is 1. The fourth-order valence-corrected chi connectivity index (χ4v) is 2.89. The van der Waals surface area contributed by atoms with Crippen LogP contribution >= 0.6 is 15.9 Å². The molecule has 0 fully saturated rings. The van der Waals surface area contributed by atoms with E-state index in [2.05, 4.69) is 26.6 Å². The molecule has 0 bridgehead atoms. The summed E-state index contributed by atoms with van der Waals surface area (Å²) in [4.78, 5) is -0.517. The van der Waals surface area contributed by atoms with Crippen LogP contribution in [0.15, 0.2) is 21.5 Å². The third kappa shape index (κ3) is 3.22. The van der Waals surface area contributed by atoms with Gasteiger partial charge < -0.3 is 5.73 Å². The Morgan fingerprint density at radius 1 is 1.61 bits per heavy atom. The maximum Gasteiger partial charge on any atom is 0.244 e. The molecule has 0 aliphatic heterocycles. The van der Waals surface area contributed by atoms with Gasteiger partial charge in [0.25, 0.3) is 0 Å². The van der Waals surface area contributed by atoms with Gasteiger partial charge in [-0.3, -0.25) is 0 Å². The summed E-state index contributed by atoms with van der Waals surface area (Å²) in [7, 11) is -4.02. The van der Waals surface area contributed by atoms with Crippen molar-refractivity contribution in [1.29, 1.82) is 0 Å². The molecule has 0 radical (unpaired) electrons. The van der Waals surface area contributed by atoms with Crippen molar-refractivity contribution in [2.75, 3.05) is 5.73 Å². The molecule has 4 nitrogen and oxygen atoms in total. The van der Waals surface area contributed by atoms with Gasteiger partial charge in [0.05, 0.1) is 6.04 Å². The molecule has 0 aromatic heterocycles. The van der Waals surface area contributed by atoms with Crippen LogP contribution in [0, 0.1) is 18.2 Å². The molecule has 0 aliphatic carbocycles. The molecule has 7 heteroatoms. The highest BCUT2D eigenvalue weighted by Crippen LogP contribution is 2.26. The van der Waals surface area contributed by atoms with E-state index >= 15 is 0 Å². The smallest absolute Gasteiger partial charge is 0.244 e. The lowest BCUT2D eigenvalue weighted by molar-refractivity contribution is 0.549. The van der Waals surface area contributed by atoms with Gasteiger partial charge in [-0.05, 0) is 34.5 Å². The van der Waals surface area contributed by atoms with Gasteiger partial charge in [0.15, 0.2) is 0 Å². The number of nitrogens with one attached hydrogen (secondary N) is 1. The maximum absolute atomic E-state index is 13.6. The van der Waals surface area contributed by atoms with Crippen molar-refractivity contribution in [2.45, 2.75) is 24.3 Å². The van der Waals surface area contributed by atoms with Crippen LogP contribution < -0.4 is 10.5 Å². The summed E-state index contributed by atoms with van der Waals surface area (Å²) in [6.45, 7) is 1.72. The number of sulfonamides is 1. The monoisotopic (exact) mass is 334 g/mol. The number of benzene rings is 1. The third-order valence-electron chi connectivity index (χ3n) is 2.25. The predicted molar refractivity (Wildman–Crippen MR) is 71.7 cm³/mol. The molecule has 98 valence electrons. The first-order valence-corrected chi connectivity index (χ1v) is 7.32. The standard InChI is InChI=1S/C11H12BrFN2O2S/c1-3-7(4-2)15-18(16,17)11-6-10(14)8(12)5-9(11)13/h1,5-7,15H,4,14H2,2H3. The lowest BCUT2D eigenvalue weighted by Crippen LogP contribution is -2.33. The molecule has 1 atom stereocenters. The molecular formula is C11H12BrFN2O2S. The average Bonchev–Trinajstić information content (AvgIpc) is 2.30. The van der Waals surface area contributed by atoms with Crippen LogP contribution in [0.5, 0.6) is 0 Å². The van der Waals surface area contributed by atoms with Gasteiger partial charge in [0, 0.05) is 10.2 Å². The number of rotatable bonds is 4. The van der Waals surface area contributed by atoms with Gasteiger partial charge in [0.1, 0.15) is 10.7 Å². The number of anilines is 1. The normalized spacial score (nSPS) is 13.0. The van der Waals surface area contributed by atoms with Crippen molar-refractivity contribution in [3.8, 4) is 12.3 Å². The minimum atomic E-state index is -4.02. The zero-order valence-corrected chi connectivity index (χ0v) is 12.0. The van der Waals surface area contributed by atoms with Gasteiger partial charge >= 0.3 is 0 Å². The van der Waals surface area contributed by atoms with E-state index in [0.29, 0.717) is 10.9 Å². The molecule has 0 spiro atoms. The van der Waals surface area contributed by atoms with E-state index in [1.54, 1.807) is 6.92 Å². The van der Waals surface area contributed by atoms with Crippen LogP contribution in [0.2, 0.25) is 0 Å². The van der Waals surface area contributed by atoms with Crippen molar-refractivity contribution in [2.24, 2.45) is 0 Å². The van der Waals surface area contributed by atoms with Crippen LogP contribution in [-0.2, 0) is 10.0 Å². The SMILES string of the molecule is C#CC(CC)NS(=O)(=O)c1cc(N)c(Br)cc1F. The highest BCUT2D eigenvalue weighted by atomic mass is 79.9. The van der Waals surface area contributed by atoms with Crippen LogP contribution in [0.3, 0.4) is 0 Å². The Morgan fingerprint density at radius 3 is 2.72 bits per heavy atom. The zero-order valence-electron chi connectivity index (χ0n) is 9.57. The summed E-state index contributed by atoms with van der Waals surface area (Å²) in [6, 6.07) is 1.37. The Kier molecular flexibility index (Phi) is 4.73. The molecule has 0 heterocycles. The molecule has 0 aliphatic rings. The van der Waals surface area contributed by atoms with E-state index in [4.69, 9.17) is 12.2 Å². The van der Waals surface area contributed by atoms with Gasteiger partial charge in [-0.25, -0.2) is 12.8 Å². The van der Waals surface area contributed by atoms with Gasteiger partial charge in [0.2, 0.25) is 10.0 Å². The summed E-state index contributed by atoms with van der Waals surface area (Å²) < 4.78 is 40.0. The Balaban J connectivity index is 3.22. The topological polar surface area (TPSA) is 72.2 Å². The van der Waals surface area contributed by atoms with E-state index in [9.17, 15) is 12.8 Å². The highest BCUT2D eigenvalue weighted by Gasteiger charge is 2.22. The number of hydrogen-bond acceptors (Lipinski definition) is 3. The summed E-state index contributed by atoms with van der Waals surface area (Å²) >= 11 is 3.01. The largest absolute Gasteiger partial charge is 0.398 e. The number of hydrogen-bond donors (Lipinski definition) is 2. The first kappa shape index (κ1) is 15.0. The van der Waals surface area contributed by atoms with Gasteiger partial charge in [-0.1, -0.05) is 12.8 Å².